The molecule has 1 unspecified atom stereocenters. The largest absolute Gasteiger partial charge is 0.448 e. The van der Waals surface area contributed by atoms with E-state index in [0.29, 0.717) is 27.9 Å². The van der Waals surface area contributed by atoms with Gasteiger partial charge in [0.2, 0.25) is 0 Å². The Labute approximate surface area is 141 Å². The van der Waals surface area contributed by atoms with Crippen molar-refractivity contribution in [3.63, 3.8) is 0 Å². The molecule has 3 aromatic rings. The maximum Gasteiger partial charge on any atom is 0.273 e. The maximum absolute atomic E-state index is 12.6. The van der Waals surface area contributed by atoms with E-state index in [-0.39, 0.29) is 5.91 Å². The molecule has 3 heterocycles. The summed E-state index contributed by atoms with van der Waals surface area (Å²) in [6.45, 7) is 2.15. The topological polar surface area (TPSA) is 65.0 Å². The van der Waals surface area contributed by atoms with Crippen LogP contribution in [0.2, 0.25) is 0 Å². The second-order valence-electron chi connectivity index (χ2n) is 6.08. The minimum atomic E-state index is -0.167. The number of nitrogens with zero attached hydrogens (tertiary/aromatic N) is 3. The number of nitrogens with one attached hydrogen (secondary N) is 1. The van der Waals surface area contributed by atoms with Crippen molar-refractivity contribution in [3.8, 4) is 0 Å². The van der Waals surface area contributed by atoms with Gasteiger partial charge in [-0.05, 0) is 41.6 Å². The van der Waals surface area contributed by atoms with E-state index in [1.54, 1.807) is 12.3 Å². The van der Waals surface area contributed by atoms with Crippen LogP contribution in [-0.2, 0) is 7.05 Å². The summed E-state index contributed by atoms with van der Waals surface area (Å²) in [4.78, 5) is 12.6. The molecule has 23 heavy (non-hydrogen) atoms. The molecule has 1 saturated carbocycles. The monoisotopic (exact) mass is 376 g/mol. The Hall–Kier alpha value is -2.02. The second kappa shape index (κ2) is 5.26. The lowest BCUT2D eigenvalue weighted by Gasteiger charge is -2.15. The molecule has 0 bridgehead atoms. The number of hydrogen-bond donors (Lipinski definition) is 1. The third-order valence-corrected chi connectivity index (χ3v) is 4.93. The van der Waals surface area contributed by atoms with Gasteiger partial charge in [-0.25, -0.2) is 4.68 Å². The van der Waals surface area contributed by atoms with E-state index in [1.165, 1.54) is 12.8 Å². The summed E-state index contributed by atoms with van der Waals surface area (Å²) in [6.07, 6.45) is 4.19. The van der Waals surface area contributed by atoms with Gasteiger partial charge in [-0.3, -0.25) is 4.79 Å². The molecule has 4 rings (SSSR count). The van der Waals surface area contributed by atoms with Crippen LogP contribution >= 0.6 is 15.9 Å². The van der Waals surface area contributed by atoms with Crippen LogP contribution in [0, 0.1) is 5.92 Å². The van der Waals surface area contributed by atoms with Gasteiger partial charge in [0.15, 0.2) is 10.3 Å². The predicted molar refractivity (Wildman–Crippen MR) is 90.5 cm³/mol. The highest BCUT2D eigenvalue weighted by molar-refractivity contribution is 9.10. The maximum atomic E-state index is 12.6. The minimum Gasteiger partial charge on any atom is -0.448 e. The fourth-order valence-electron chi connectivity index (χ4n) is 3.00. The zero-order valence-electron chi connectivity index (χ0n) is 12.9. The van der Waals surface area contributed by atoms with E-state index in [9.17, 15) is 4.79 Å². The number of furan rings is 1. The number of fused-ring (bicyclic) bond motifs is 1. The van der Waals surface area contributed by atoms with Crippen molar-refractivity contribution in [3.05, 3.63) is 34.8 Å². The third kappa shape index (κ3) is 2.49. The number of anilines is 1. The molecule has 3 aromatic heterocycles. The van der Waals surface area contributed by atoms with Crippen molar-refractivity contribution < 1.29 is 9.21 Å². The Bertz CT molecular complexity index is 887. The SMILES string of the molecule is CC(C1CC1)n1nccc1NC(=O)c1cc2oc(Br)cc2n1C. The highest BCUT2D eigenvalue weighted by Gasteiger charge is 2.31. The average molecular weight is 377 g/mol. The van der Waals surface area contributed by atoms with Gasteiger partial charge in [0.1, 0.15) is 11.5 Å². The Kier molecular flexibility index (Phi) is 3.33. The quantitative estimate of drug-likeness (QED) is 0.749. The molecule has 120 valence electrons. The molecule has 1 amide bonds. The van der Waals surface area contributed by atoms with Crippen LogP contribution in [0.4, 0.5) is 5.82 Å². The fourth-order valence-corrected chi connectivity index (χ4v) is 3.39. The van der Waals surface area contributed by atoms with Gasteiger partial charge >= 0.3 is 0 Å². The average Bonchev–Trinajstić information content (AvgIpc) is 3.05. The Morgan fingerprint density at radius 3 is 2.96 bits per heavy atom. The van der Waals surface area contributed by atoms with Crippen LogP contribution in [0.1, 0.15) is 36.3 Å². The van der Waals surface area contributed by atoms with Crippen molar-refractivity contribution in [1.82, 2.24) is 14.3 Å². The number of amides is 1. The summed E-state index contributed by atoms with van der Waals surface area (Å²) in [5.41, 5.74) is 2.12. The highest BCUT2D eigenvalue weighted by Crippen LogP contribution is 2.40. The van der Waals surface area contributed by atoms with Crippen molar-refractivity contribution >= 4 is 38.8 Å². The van der Waals surface area contributed by atoms with E-state index in [0.717, 1.165) is 11.3 Å². The Balaban J connectivity index is 1.61. The summed E-state index contributed by atoms with van der Waals surface area (Å²) in [7, 11) is 1.85. The number of carbonyl (C=O) groups excluding carboxylic acids is 1. The normalized spacial score (nSPS) is 16.0. The molecule has 0 saturated heterocycles. The minimum absolute atomic E-state index is 0.167. The highest BCUT2D eigenvalue weighted by atomic mass is 79.9. The van der Waals surface area contributed by atoms with Crippen LogP contribution < -0.4 is 5.32 Å². The second-order valence-corrected chi connectivity index (χ2v) is 6.86. The van der Waals surface area contributed by atoms with Gasteiger partial charge in [-0.2, -0.15) is 5.10 Å². The number of hydrogen-bond acceptors (Lipinski definition) is 3. The molecule has 0 radical (unpaired) electrons. The molecule has 0 aliphatic heterocycles. The fraction of sp³-hybridized carbons (Fsp3) is 0.375. The molecule has 1 N–H and O–H groups in total. The zero-order valence-corrected chi connectivity index (χ0v) is 14.5. The van der Waals surface area contributed by atoms with E-state index in [4.69, 9.17) is 4.42 Å². The summed E-state index contributed by atoms with van der Waals surface area (Å²) < 4.78 is 9.89. The lowest BCUT2D eigenvalue weighted by atomic mass is 10.2. The molecular formula is C16H17BrN4O2. The van der Waals surface area contributed by atoms with Crippen LogP contribution in [0.5, 0.6) is 0 Å². The van der Waals surface area contributed by atoms with Crippen LogP contribution in [0.15, 0.2) is 33.5 Å². The first-order valence-corrected chi connectivity index (χ1v) is 8.43. The van der Waals surface area contributed by atoms with Crippen LogP contribution in [0.3, 0.4) is 0 Å². The summed E-state index contributed by atoms with van der Waals surface area (Å²) >= 11 is 3.30. The van der Waals surface area contributed by atoms with Gasteiger partial charge in [0.25, 0.3) is 5.91 Å². The van der Waals surface area contributed by atoms with Gasteiger partial charge in [0, 0.05) is 25.2 Å². The van der Waals surface area contributed by atoms with Gasteiger partial charge in [-0.1, -0.05) is 0 Å². The molecule has 7 heteroatoms. The van der Waals surface area contributed by atoms with E-state index < -0.39 is 0 Å². The Morgan fingerprint density at radius 1 is 1.48 bits per heavy atom. The van der Waals surface area contributed by atoms with Crippen LogP contribution in [0.25, 0.3) is 11.1 Å². The van der Waals surface area contributed by atoms with Crippen molar-refractivity contribution in [2.45, 2.75) is 25.8 Å². The summed E-state index contributed by atoms with van der Waals surface area (Å²) in [6, 6.07) is 5.74. The predicted octanol–water partition coefficient (Wildman–Crippen LogP) is 3.95. The molecule has 1 fully saturated rings. The number of carbonyl (C=O) groups is 1. The van der Waals surface area contributed by atoms with E-state index >= 15 is 0 Å². The molecule has 1 aliphatic carbocycles. The lowest BCUT2D eigenvalue weighted by Crippen LogP contribution is -2.20. The number of rotatable bonds is 4. The first-order valence-electron chi connectivity index (χ1n) is 7.64. The molecule has 6 nitrogen and oxygen atoms in total. The number of halogens is 1. The molecule has 0 spiro atoms. The molecular weight excluding hydrogens is 360 g/mol. The first-order chi connectivity index (χ1) is 11.0. The Morgan fingerprint density at radius 2 is 2.26 bits per heavy atom. The van der Waals surface area contributed by atoms with Gasteiger partial charge < -0.3 is 14.3 Å². The van der Waals surface area contributed by atoms with Crippen molar-refractivity contribution in [1.29, 1.82) is 0 Å². The standard InChI is InChI=1S/C16H17BrN4O2/c1-9(10-3-4-10)21-15(5-6-18-21)19-16(22)12-7-13-11(20(12)2)8-14(17)23-13/h5-10H,3-4H2,1-2H3,(H,19,22). The molecule has 1 aliphatic rings. The third-order valence-electron chi connectivity index (χ3n) is 4.54. The van der Waals surface area contributed by atoms with Crippen molar-refractivity contribution in [2.24, 2.45) is 13.0 Å². The number of aromatic nitrogens is 3. The zero-order chi connectivity index (χ0) is 16.1. The van der Waals surface area contributed by atoms with Crippen LogP contribution in [-0.4, -0.2) is 20.3 Å². The first kappa shape index (κ1) is 14.6. The van der Waals surface area contributed by atoms with Gasteiger partial charge in [-0.15, -0.1) is 0 Å². The lowest BCUT2D eigenvalue weighted by molar-refractivity contribution is 0.101. The summed E-state index contributed by atoms with van der Waals surface area (Å²) in [5.74, 6) is 1.23. The van der Waals surface area contributed by atoms with Crippen molar-refractivity contribution in [2.75, 3.05) is 5.32 Å². The summed E-state index contributed by atoms with van der Waals surface area (Å²) in [5, 5.41) is 7.33. The number of aryl methyl sites for hydroxylation is 1. The molecule has 0 aromatic carbocycles. The van der Waals surface area contributed by atoms with Gasteiger partial charge in [0.05, 0.1) is 17.8 Å². The van der Waals surface area contributed by atoms with E-state index in [2.05, 4.69) is 33.3 Å². The molecule has 1 atom stereocenters. The van der Waals surface area contributed by atoms with E-state index in [1.807, 2.05) is 28.4 Å². The smallest absolute Gasteiger partial charge is 0.273 e.